The third-order valence-electron chi connectivity index (χ3n) is 0. The third kappa shape index (κ3) is 251. The van der Waals surface area contributed by atoms with E-state index in [1.54, 1.807) is 0 Å². The van der Waals surface area contributed by atoms with E-state index in [4.69, 9.17) is 0 Å². The zero-order valence-electron chi connectivity index (χ0n) is 3.61. The van der Waals surface area contributed by atoms with Gasteiger partial charge < -0.3 is 52.2 Å². The molecule has 0 saturated carbocycles. The Morgan fingerprint density at radius 2 is 0.375 bits per heavy atom. The SMILES string of the molecule is O.O.O.O.O.[Cl-].[Cl-].[Ru+2]. The first-order valence-corrected chi connectivity index (χ1v) is 0. The summed E-state index contributed by atoms with van der Waals surface area (Å²) in [5.41, 5.74) is 0. The van der Waals surface area contributed by atoms with Gasteiger partial charge in [0.05, 0.1) is 0 Å². The molecule has 0 atom stereocenters. The van der Waals surface area contributed by atoms with E-state index in [-0.39, 0.29) is 71.7 Å². The summed E-state index contributed by atoms with van der Waals surface area (Å²) in [4.78, 5) is 0. The Morgan fingerprint density at radius 1 is 0.375 bits per heavy atom. The van der Waals surface area contributed by atoms with Gasteiger partial charge in [0.2, 0.25) is 0 Å². The largest absolute Gasteiger partial charge is 2.00 e. The zero-order valence-corrected chi connectivity index (χ0v) is 6.86. The van der Waals surface area contributed by atoms with Crippen molar-refractivity contribution in [3.05, 3.63) is 0 Å². The fraction of sp³-hybridized carbons (Fsp3) is 0. The van der Waals surface area contributed by atoms with Crippen molar-refractivity contribution < 1.29 is 71.7 Å². The van der Waals surface area contributed by atoms with Crippen LogP contribution < -0.4 is 24.8 Å². The standard InChI is InChI=1S/2ClH.5H2O.Ru/h2*1H;5*1H2;/q;;;;;;;+2/p-2. The summed E-state index contributed by atoms with van der Waals surface area (Å²) < 4.78 is 0. The second-order valence-electron chi connectivity index (χ2n) is 0. The van der Waals surface area contributed by atoms with Crippen LogP contribution >= 0.6 is 0 Å². The normalized spacial score (nSPS) is 0. The van der Waals surface area contributed by atoms with Gasteiger partial charge in [-0.1, -0.05) is 0 Å². The van der Waals surface area contributed by atoms with Crippen LogP contribution in [0.25, 0.3) is 0 Å². The molecule has 8 heteroatoms. The Morgan fingerprint density at radius 3 is 0.375 bits per heavy atom. The average molecular weight is 262 g/mol. The van der Waals surface area contributed by atoms with Crippen molar-refractivity contribution in [3.8, 4) is 0 Å². The molecule has 0 aliphatic heterocycles. The number of hydrogen-bond donors (Lipinski definition) is 0. The zero-order chi connectivity index (χ0) is 0. The van der Waals surface area contributed by atoms with Gasteiger partial charge in [0.15, 0.2) is 0 Å². The summed E-state index contributed by atoms with van der Waals surface area (Å²) in [6.45, 7) is 0. The summed E-state index contributed by atoms with van der Waals surface area (Å²) in [5, 5.41) is 0. The Kier molecular flexibility index (Phi) is 27900. The minimum atomic E-state index is 0. The first-order valence-electron chi connectivity index (χ1n) is 0. The van der Waals surface area contributed by atoms with Crippen LogP contribution in [0.15, 0.2) is 0 Å². The number of halogens is 2. The van der Waals surface area contributed by atoms with Crippen LogP contribution in [-0.2, 0) is 19.5 Å². The van der Waals surface area contributed by atoms with Crippen molar-refractivity contribution in [2.24, 2.45) is 0 Å². The van der Waals surface area contributed by atoms with E-state index in [1.807, 2.05) is 0 Å². The van der Waals surface area contributed by atoms with E-state index in [0.717, 1.165) is 0 Å². The van der Waals surface area contributed by atoms with Gasteiger partial charge in [0, 0.05) is 0 Å². The molecule has 5 nitrogen and oxygen atoms in total. The summed E-state index contributed by atoms with van der Waals surface area (Å²) in [7, 11) is 0. The van der Waals surface area contributed by atoms with Crippen LogP contribution in [0.5, 0.6) is 0 Å². The molecule has 0 aliphatic rings. The van der Waals surface area contributed by atoms with E-state index in [9.17, 15) is 0 Å². The van der Waals surface area contributed by atoms with Crippen molar-refractivity contribution in [2.75, 3.05) is 0 Å². The quantitative estimate of drug-likeness (QED) is 0.380. The molecule has 0 aromatic carbocycles. The van der Waals surface area contributed by atoms with E-state index >= 15 is 0 Å². The Hall–Kier alpha value is 1.00. The maximum Gasteiger partial charge on any atom is 2.00 e. The van der Waals surface area contributed by atoms with Gasteiger partial charge >= 0.3 is 19.5 Å². The predicted molar refractivity (Wildman–Crippen MR) is 18.1 cm³/mol. The first-order chi connectivity index (χ1) is 0. The molecule has 0 unspecified atom stereocenters. The van der Waals surface area contributed by atoms with Crippen molar-refractivity contribution >= 4 is 0 Å². The molecule has 0 aromatic rings. The maximum atomic E-state index is 0. The van der Waals surface area contributed by atoms with Crippen LogP contribution in [0.1, 0.15) is 0 Å². The monoisotopic (exact) mass is 262 g/mol. The van der Waals surface area contributed by atoms with Crippen molar-refractivity contribution in [1.82, 2.24) is 0 Å². The van der Waals surface area contributed by atoms with Gasteiger partial charge in [-0.3, -0.25) is 0 Å². The van der Waals surface area contributed by atoms with Crippen molar-refractivity contribution in [2.45, 2.75) is 0 Å². The van der Waals surface area contributed by atoms with E-state index in [1.165, 1.54) is 0 Å². The fourth-order valence-corrected chi connectivity index (χ4v) is 0. The topological polar surface area (TPSA) is 158 Å². The second-order valence-corrected chi connectivity index (χ2v) is 0. The summed E-state index contributed by atoms with van der Waals surface area (Å²) in [6, 6.07) is 0. The van der Waals surface area contributed by atoms with E-state index in [0.29, 0.717) is 0 Å². The van der Waals surface area contributed by atoms with Gasteiger partial charge in [0.25, 0.3) is 0 Å². The molecule has 0 amide bonds. The van der Waals surface area contributed by atoms with Gasteiger partial charge in [-0.15, -0.1) is 0 Å². The summed E-state index contributed by atoms with van der Waals surface area (Å²) in [5.74, 6) is 0. The molecule has 0 rings (SSSR count). The second kappa shape index (κ2) is 390. The molecule has 0 aliphatic carbocycles. The molecule has 0 heterocycles. The van der Waals surface area contributed by atoms with Crippen LogP contribution in [0.4, 0.5) is 0 Å². The smallest absolute Gasteiger partial charge is 1.00 e. The number of rotatable bonds is 0. The fourth-order valence-electron chi connectivity index (χ4n) is 0. The molecular formula is H10Cl2O5Ru. The molecule has 8 heavy (non-hydrogen) atoms. The maximum absolute atomic E-state index is 0. The molecule has 62 valence electrons. The Labute approximate surface area is 72.0 Å². The van der Waals surface area contributed by atoms with Gasteiger partial charge in [-0.2, -0.15) is 0 Å². The summed E-state index contributed by atoms with van der Waals surface area (Å²) in [6.07, 6.45) is 0. The molecular weight excluding hydrogens is 252 g/mol. The molecule has 0 aromatic heterocycles. The van der Waals surface area contributed by atoms with E-state index < -0.39 is 0 Å². The third-order valence-corrected chi connectivity index (χ3v) is 0. The van der Waals surface area contributed by atoms with Crippen LogP contribution in [0.3, 0.4) is 0 Å². The summed E-state index contributed by atoms with van der Waals surface area (Å²) >= 11 is 0. The molecule has 0 bridgehead atoms. The van der Waals surface area contributed by atoms with Crippen LogP contribution in [0.2, 0.25) is 0 Å². The Bertz CT molecular complexity index is 10.4. The van der Waals surface area contributed by atoms with Gasteiger partial charge in [0.1, 0.15) is 0 Å². The predicted octanol–water partition coefficient (Wildman–Crippen LogP) is -10.1. The molecule has 0 fully saturated rings. The minimum Gasteiger partial charge on any atom is -1.00 e. The molecule has 0 radical (unpaired) electrons. The first kappa shape index (κ1) is 573. The van der Waals surface area contributed by atoms with Crippen LogP contribution in [0, 0.1) is 0 Å². The van der Waals surface area contributed by atoms with Gasteiger partial charge in [-0.25, -0.2) is 0 Å². The van der Waals surface area contributed by atoms with Crippen LogP contribution in [-0.4, -0.2) is 27.4 Å². The average Bonchev–Trinajstić information content (AvgIpc) is 0. The van der Waals surface area contributed by atoms with Gasteiger partial charge in [-0.05, 0) is 0 Å². The van der Waals surface area contributed by atoms with Crippen molar-refractivity contribution in [1.29, 1.82) is 0 Å². The van der Waals surface area contributed by atoms with E-state index in [2.05, 4.69) is 0 Å². The molecule has 0 saturated heterocycles. The Balaban J connectivity index is 0. The minimum absolute atomic E-state index is 0. The molecule has 10 N–H and O–H groups in total. The molecule has 0 spiro atoms. The van der Waals surface area contributed by atoms with Crippen molar-refractivity contribution in [3.63, 3.8) is 0 Å². The number of hydrogen-bond acceptors (Lipinski definition) is 0.